The number of aldehydes is 1. The van der Waals surface area contributed by atoms with Crippen molar-refractivity contribution < 1.29 is 4.79 Å². The molecular weight excluding hydrogens is 224 g/mol. The number of nitrogens with zero attached hydrogens (tertiary/aromatic N) is 1. The van der Waals surface area contributed by atoms with E-state index in [1.807, 2.05) is 36.4 Å². The molecule has 1 N–H and O–H groups in total. The lowest BCUT2D eigenvalue weighted by molar-refractivity contribution is 0.112. The van der Waals surface area contributed by atoms with Gasteiger partial charge in [0.05, 0.1) is 5.52 Å². The molecule has 3 rings (SSSR count). The molecule has 3 heteroatoms. The lowest BCUT2D eigenvalue weighted by atomic mass is 10.0. The Morgan fingerprint density at radius 1 is 1.06 bits per heavy atom. The predicted octanol–water partition coefficient (Wildman–Crippen LogP) is 2.97. The fourth-order valence-electron chi connectivity index (χ4n) is 2.22. The highest BCUT2D eigenvalue weighted by Crippen LogP contribution is 2.22. The maximum Gasteiger partial charge on any atom is 0.168 e. The van der Waals surface area contributed by atoms with Crippen molar-refractivity contribution >= 4 is 17.2 Å². The minimum atomic E-state index is 0.552. The fourth-order valence-corrected chi connectivity index (χ4v) is 2.22. The van der Waals surface area contributed by atoms with Crippen LogP contribution in [0.1, 0.15) is 21.6 Å². The van der Waals surface area contributed by atoms with Crippen LogP contribution in [-0.2, 0) is 6.42 Å². The van der Waals surface area contributed by atoms with E-state index in [4.69, 9.17) is 0 Å². The Morgan fingerprint density at radius 3 is 2.67 bits per heavy atom. The molecule has 18 heavy (non-hydrogen) atoms. The zero-order valence-corrected chi connectivity index (χ0v) is 9.76. The summed E-state index contributed by atoms with van der Waals surface area (Å²) in [5, 5.41) is 7.83. The van der Waals surface area contributed by atoms with Gasteiger partial charge in [0.25, 0.3) is 0 Å². The molecule has 3 aromatic rings. The van der Waals surface area contributed by atoms with E-state index in [-0.39, 0.29) is 0 Å². The van der Waals surface area contributed by atoms with Crippen molar-refractivity contribution in [3.8, 4) is 0 Å². The van der Waals surface area contributed by atoms with Gasteiger partial charge in [-0.1, -0.05) is 42.5 Å². The molecule has 3 nitrogen and oxygen atoms in total. The largest absolute Gasteiger partial charge is 0.296 e. The highest BCUT2D eigenvalue weighted by Gasteiger charge is 2.09. The number of H-pyrrole nitrogens is 1. The van der Waals surface area contributed by atoms with Gasteiger partial charge in [-0.3, -0.25) is 9.89 Å². The minimum Gasteiger partial charge on any atom is -0.296 e. The van der Waals surface area contributed by atoms with E-state index in [1.54, 1.807) is 0 Å². The topological polar surface area (TPSA) is 45.8 Å². The zero-order chi connectivity index (χ0) is 12.4. The van der Waals surface area contributed by atoms with Crippen molar-refractivity contribution in [2.45, 2.75) is 6.42 Å². The Hall–Kier alpha value is -2.42. The molecule has 0 amide bonds. The molecule has 0 radical (unpaired) electrons. The van der Waals surface area contributed by atoms with Crippen LogP contribution in [0.15, 0.2) is 48.5 Å². The van der Waals surface area contributed by atoms with Gasteiger partial charge in [0, 0.05) is 5.39 Å². The van der Waals surface area contributed by atoms with E-state index >= 15 is 0 Å². The molecule has 1 aromatic heterocycles. The monoisotopic (exact) mass is 236 g/mol. The van der Waals surface area contributed by atoms with Crippen LogP contribution in [-0.4, -0.2) is 16.5 Å². The Kier molecular flexibility index (Phi) is 2.65. The number of carbonyl (C=O) groups is 1. The van der Waals surface area contributed by atoms with Crippen molar-refractivity contribution in [1.29, 1.82) is 0 Å². The standard InChI is InChI=1S/C15H12N2O/c18-10-14-15-12(7-4-8-13(15)16-17-14)9-11-5-2-1-3-6-11/h1-8,10H,9H2,(H,16,17). The van der Waals surface area contributed by atoms with E-state index in [0.29, 0.717) is 5.69 Å². The molecule has 0 saturated heterocycles. The second kappa shape index (κ2) is 4.45. The zero-order valence-electron chi connectivity index (χ0n) is 9.76. The molecule has 88 valence electrons. The second-order valence-electron chi connectivity index (χ2n) is 4.23. The normalized spacial score (nSPS) is 10.7. The van der Waals surface area contributed by atoms with Gasteiger partial charge in [0.15, 0.2) is 6.29 Å². The fraction of sp³-hybridized carbons (Fsp3) is 0.0667. The number of fused-ring (bicyclic) bond motifs is 1. The van der Waals surface area contributed by atoms with Gasteiger partial charge in [-0.05, 0) is 23.6 Å². The third kappa shape index (κ3) is 1.80. The molecule has 0 aliphatic rings. The van der Waals surface area contributed by atoms with Gasteiger partial charge < -0.3 is 0 Å². The number of hydrogen-bond acceptors (Lipinski definition) is 2. The van der Waals surface area contributed by atoms with Crippen molar-refractivity contribution in [1.82, 2.24) is 10.2 Å². The summed E-state index contributed by atoms with van der Waals surface area (Å²) in [4.78, 5) is 11.0. The van der Waals surface area contributed by atoms with Crippen LogP contribution >= 0.6 is 0 Å². The molecule has 0 bridgehead atoms. The van der Waals surface area contributed by atoms with Crippen molar-refractivity contribution in [3.05, 3.63) is 65.4 Å². The number of hydrogen-bond donors (Lipinski definition) is 1. The van der Waals surface area contributed by atoms with Gasteiger partial charge in [0.1, 0.15) is 5.69 Å². The third-order valence-electron chi connectivity index (χ3n) is 3.05. The van der Waals surface area contributed by atoms with Gasteiger partial charge in [-0.2, -0.15) is 5.10 Å². The lowest BCUT2D eigenvalue weighted by Gasteiger charge is -2.03. The van der Waals surface area contributed by atoms with Crippen LogP contribution in [0.4, 0.5) is 0 Å². The molecule has 0 atom stereocenters. The Labute approximate surface area is 104 Å². The minimum absolute atomic E-state index is 0.552. The summed E-state index contributed by atoms with van der Waals surface area (Å²) in [5.41, 5.74) is 3.74. The van der Waals surface area contributed by atoms with Crippen LogP contribution in [0.5, 0.6) is 0 Å². The summed E-state index contributed by atoms with van der Waals surface area (Å²) in [6.07, 6.45) is 1.63. The van der Waals surface area contributed by atoms with Crippen molar-refractivity contribution in [2.24, 2.45) is 0 Å². The van der Waals surface area contributed by atoms with E-state index in [1.165, 1.54) is 5.56 Å². The lowest BCUT2D eigenvalue weighted by Crippen LogP contribution is -1.90. The summed E-state index contributed by atoms with van der Waals surface area (Å²) in [7, 11) is 0. The summed E-state index contributed by atoms with van der Waals surface area (Å²) < 4.78 is 0. The first kappa shape index (κ1) is 10.7. The van der Waals surface area contributed by atoms with E-state index in [9.17, 15) is 4.79 Å². The van der Waals surface area contributed by atoms with Crippen LogP contribution in [0.2, 0.25) is 0 Å². The quantitative estimate of drug-likeness (QED) is 0.710. The molecule has 0 aliphatic carbocycles. The van der Waals surface area contributed by atoms with Crippen molar-refractivity contribution in [2.75, 3.05) is 0 Å². The molecule has 0 fully saturated rings. The number of aromatic amines is 1. The maximum atomic E-state index is 11.0. The van der Waals surface area contributed by atoms with Gasteiger partial charge in [0.2, 0.25) is 0 Å². The average Bonchev–Trinajstić information content (AvgIpc) is 2.84. The summed E-state index contributed by atoms with van der Waals surface area (Å²) in [5.74, 6) is 0. The number of carbonyl (C=O) groups excluding carboxylic acids is 1. The van der Waals surface area contributed by atoms with Crippen LogP contribution in [0, 0.1) is 0 Å². The Bertz CT molecular complexity index is 686. The first-order valence-corrected chi connectivity index (χ1v) is 5.83. The van der Waals surface area contributed by atoms with Gasteiger partial charge in [-0.15, -0.1) is 0 Å². The molecule has 0 saturated carbocycles. The van der Waals surface area contributed by atoms with Crippen molar-refractivity contribution in [3.63, 3.8) is 0 Å². The number of benzene rings is 2. The Balaban J connectivity index is 2.11. The first-order valence-electron chi connectivity index (χ1n) is 5.83. The molecular formula is C15H12N2O. The SMILES string of the molecule is O=Cc1[nH]nc2cccc(Cc3ccccc3)c12. The molecule has 0 aliphatic heterocycles. The highest BCUT2D eigenvalue weighted by atomic mass is 16.1. The van der Waals surface area contributed by atoms with E-state index < -0.39 is 0 Å². The number of aromatic nitrogens is 2. The second-order valence-corrected chi connectivity index (χ2v) is 4.23. The summed E-state index contributed by atoms with van der Waals surface area (Å²) in [6.45, 7) is 0. The van der Waals surface area contributed by atoms with Crippen LogP contribution < -0.4 is 0 Å². The maximum absolute atomic E-state index is 11.0. The Morgan fingerprint density at radius 2 is 1.89 bits per heavy atom. The summed E-state index contributed by atoms with van der Waals surface area (Å²) >= 11 is 0. The van der Waals surface area contributed by atoms with Gasteiger partial charge >= 0.3 is 0 Å². The molecule has 1 heterocycles. The van der Waals surface area contributed by atoms with Crippen LogP contribution in [0.25, 0.3) is 10.9 Å². The number of nitrogens with one attached hydrogen (secondary N) is 1. The smallest absolute Gasteiger partial charge is 0.168 e. The highest BCUT2D eigenvalue weighted by molar-refractivity contribution is 5.97. The van der Waals surface area contributed by atoms with E-state index in [0.717, 1.165) is 29.2 Å². The molecule has 0 unspecified atom stereocenters. The predicted molar refractivity (Wildman–Crippen MR) is 70.7 cm³/mol. The van der Waals surface area contributed by atoms with Crippen LogP contribution in [0.3, 0.4) is 0 Å². The third-order valence-corrected chi connectivity index (χ3v) is 3.05. The number of rotatable bonds is 3. The van der Waals surface area contributed by atoms with Gasteiger partial charge in [-0.25, -0.2) is 0 Å². The molecule has 2 aromatic carbocycles. The average molecular weight is 236 g/mol. The summed E-state index contributed by atoms with van der Waals surface area (Å²) in [6, 6.07) is 16.1. The molecule has 0 spiro atoms. The first-order chi connectivity index (χ1) is 8.88. The van der Waals surface area contributed by atoms with E-state index in [2.05, 4.69) is 22.3 Å².